The Balaban J connectivity index is 1.30. The molecular weight excluding hydrogens is 334 g/mol. The number of benzene rings is 1. The van der Waals surface area contributed by atoms with Crippen molar-refractivity contribution in [3.8, 4) is 0 Å². The second-order valence-electron chi connectivity index (χ2n) is 5.96. The number of anilines is 1. The number of hydrogen-bond donors (Lipinski definition) is 1. The molecule has 1 aliphatic rings. The van der Waals surface area contributed by atoms with Crippen molar-refractivity contribution in [3.05, 3.63) is 48.7 Å². The number of aromatic nitrogens is 3. The van der Waals surface area contributed by atoms with E-state index in [0.717, 1.165) is 48.2 Å². The Morgan fingerprint density at radius 1 is 1.12 bits per heavy atom. The second-order valence-corrected chi connectivity index (χ2v) is 6.93. The highest BCUT2D eigenvalue weighted by atomic mass is 32.2. The molecule has 0 bridgehead atoms. The molecule has 1 aliphatic heterocycles. The number of pyridine rings is 1. The summed E-state index contributed by atoms with van der Waals surface area (Å²) in [6.07, 6.45) is 1.93. The number of amides is 1. The minimum Gasteiger partial charge on any atom is -0.334 e. The number of carbonyl (C=O) groups excluding carboxylic acids is 1. The van der Waals surface area contributed by atoms with Crippen LogP contribution in [0.25, 0.3) is 11.0 Å². The molecule has 1 saturated heterocycles. The van der Waals surface area contributed by atoms with Crippen LogP contribution >= 0.6 is 11.8 Å². The Hall–Kier alpha value is -2.54. The van der Waals surface area contributed by atoms with E-state index in [9.17, 15) is 4.79 Å². The molecule has 0 spiro atoms. The van der Waals surface area contributed by atoms with Crippen LogP contribution in [0.3, 0.4) is 0 Å². The highest BCUT2D eigenvalue weighted by molar-refractivity contribution is 7.99. The topological polar surface area (TPSA) is 66.4 Å². The molecule has 1 fully saturated rings. The summed E-state index contributed by atoms with van der Waals surface area (Å²) < 4.78 is 0. The van der Waals surface area contributed by atoms with Gasteiger partial charge in [0.15, 0.2) is 5.16 Å². The van der Waals surface area contributed by atoms with E-state index in [2.05, 4.69) is 25.9 Å². The van der Waals surface area contributed by atoms with Gasteiger partial charge in [-0.2, -0.15) is 0 Å². The van der Waals surface area contributed by atoms with E-state index < -0.39 is 0 Å². The first-order valence-corrected chi connectivity index (χ1v) is 9.35. The Morgan fingerprint density at radius 3 is 2.68 bits per heavy atom. The van der Waals surface area contributed by atoms with E-state index in [0.29, 0.717) is 5.75 Å². The summed E-state index contributed by atoms with van der Waals surface area (Å²) in [5.74, 6) is 1.69. The predicted octanol–water partition coefficient (Wildman–Crippen LogP) is 1.82. The number of carbonyl (C=O) groups is 1. The van der Waals surface area contributed by atoms with E-state index in [1.165, 1.54) is 11.8 Å². The summed E-state index contributed by atoms with van der Waals surface area (Å²) in [4.78, 5) is 27.7. The minimum absolute atomic E-state index is 0.169. The van der Waals surface area contributed by atoms with Crippen LogP contribution in [0.1, 0.15) is 0 Å². The van der Waals surface area contributed by atoms with E-state index in [1.807, 2.05) is 47.5 Å². The minimum atomic E-state index is 0.169. The molecule has 1 amide bonds. The maximum absolute atomic E-state index is 12.5. The Labute approximate surface area is 150 Å². The zero-order valence-corrected chi connectivity index (χ0v) is 14.6. The number of hydrogen-bond acceptors (Lipinski definition) is 4. The standard InChI is InChI=1S/C18H19N5OS/c24-17(13-25-18-20-14-5-1-2-6-15(14)21-18)23-11-9-22(10-12-23)16-7-3-4-8-19-16/h1-8H,9-13H2,(H,20,21)/p+1. The van der Waals surface area contributed by atoms with Crippen LogP contribution in [-0.2, 0) is 4.79 Å². The van der Waals surface area contributed by atoms with E-state index in [-0.39, 0.29) is 5.91 Å². The monoisotopic (exact) mass is 354 g/mol. The van der Waals surface area contributed by atoms with Crippen molar-refractivity contribution < 1.29 is 9.78 Å². The molecule has 0 unspecified atom stereocenters. The molecule has 0 radical (unpaired) electrons. The normalized spacial score (nSPS) is 14.9. The molecule has 6 nitrogen and oxygen atoms in total. The van der Waals surface area contributed by atoms with Gasteiger partial charge in [0.1, 0.15) is 13.1 Å². The molecule has 25 heavy (non-hydrogen) atoms. The van der Waals surface area contributed by atoms with Crippen molar-refractivity contribution in [2.75, 3.05) is 36.8 Å². The van der Waals surface area contributed by atoms with Crippen LogP contribution in [0, 0.1) is 0 Å². The third-order valence-corrected chi connectivity index (χ3v) is 5.22. The molecule has 0 aliphatic carbocycles. The number of para-hydroxylation sites is 2. The smallest absolute Gasteiger partial charge is 0.274 e. The molecule has 3 heterocycles. The molecule has 0 saturated carbocycles. The average Bonchev–Trinajstić information content (AvgIpc) is 3.10. The molecule has 2 N–H and O–H groups in total. The van der Waals surface area contributed by atoms with Gasteiger partial charge in [0, 0.05) is 6.07 Å². The lowest BCUT2D eigenvalue weighted by molar-refractivity contribution is -0.364. The molecule has 3 aromatic rings. The van der Waals surface area contributed by atoms with Crippen molar-refractivity contribution in [2.24, 2.45) is 0 Å². The van der Waals surface area contributed by atoms with Gasteiger partial charge in [-0.15, -0.1) is 0 Å². The first-order chi connectivity index (χ1) is 12.3. The molecule has 2 aromatic heterocycles. The van der Waals surface area contributed by atoms with Gasteiger partial charge in [-0.3, -0.25) is 9.69 Å². The maximum Gasteiger partial charge on any atom is 0.274 e. The van der Waals surface area contributed by atoms with Gasteiger partial charge in [-0.05, 0) is 18.2 Å². The van der Waals surface area contributed by atoms with E-state index in [1.54, 1.807) is 0 Å². The first-order valence-electron chi connectivity index (χ1n) is 8.36. The number of imidazole rings is 1. The quantitative estimate of drug-likeness (QED) is 0.726. The number of aromatic amines is 2. The van der Waals surface area contributed by atoms with Crippen LogP contribution in [-0.4, -0.2) is 52.7 Å². The molecule has 7 heteroatoms. The number of thioether (sulfide) groups is 1. The average molecular weight is 354 g/mol. The van der Waals surface area contributed by atoms with Crippen LogP contribution in [0.2, 0.25) is 0 Å². The Morgan fingerprint density at radius 2 is 1.92 bits per heavy atom. The molecular formula is C18H20N5OS+. The summed E-state index contributed by atoms with van der Waals surface area (Å²) in [7, 11) is 0. The zero-order valence-electron chi connectivity index (χ0n) is 13.8. The molecule has 1 aromatic carbocycles. The maximum atomic E-state index is 12.5. The molecule has 128 valence electrons. The van der Waals surface area contributed by atoms with Gasteiger partial charge in [-0.25, -0.2) is 9.97 Å². The van der Waals surface area contributed by atoms with Gasteiger partial charge in [0.05, 0.1) is 36.1 Å². The predicted molar refractivity (Wildman–Crippen MR) is 98.6 cm³/mol. The van der Waals surface area contributed by atoms with Crippen LogP contribution in [0.5, 0.6) is 0 Å². The number of piperazine rings is 1. The number of nitrogens with one attached hydrogen (secondary N) is 2. The van der Waals surface area contributed by atoms with Crippen LogP contribution in [0.15, 0.2) is 53.8 Å². The highest BCUT2D eigenvalue weighted by Gasteiger charge is 2.26. The summed E-state index contributed by atoms with van der Waals surface area (Å²) in [5.41, 5.74) is 1.94. The summed E-state index contributed by atoms with van der Waals surface area (Å²) in [5, 5.41) is 0.798. The van der Waals surface area contributed by atoms with Crippen molar-refractivity contribution in [1.29, 1.82) is 0 Å². The molecule has 4 rings (SSSR count). The van der Waals surface area contributed by atoms with Crippen molar-refractivity contribution in [3.63, 3.8) is 0 Å². The SMILES string of the molecule is O=C(CSc1nc2ccccc2[nH]1)N1CCN(c2cccc[nH+]2)CC1. The van der Waals surface area contributed by atoms with Crippen LogP contribution in [0.4, 0.5) is 5.82 Å². The fourth-order valence-corrected chi connectivity index (χ4v) is 3.78. The lowest BCUT2D eigenvalue weighted by Gasteiger charge is -2.30. The number of rotatable bonds is 4. The number of H-pyrrole nitrogens is 2. The van der Waals surface area contributed by atoms with Crippen molar-refractivity contribution in [1.82, 2.24) is 14.9 Å². The third-order valence-electron chi connectivity index (χ3n) is 4.37. The highest BCUT2D eigenvalue weighted by Crippen LogP contribution is 2.20. The third kappa shape index (κ3) is 3.61. The van der Waals surface area contributed by atoms with E-state index in [4.69, 9.17) is 0 Å². The van der Waals surface area contributed by atoms with E-state index >= 15 is 0 Å². The lowest BCUT2D eigenvalue weighted by Crippen LogP contribution is -2.50. The molecule has 0 atom stereocenters. The summed E-state index contributed by atoms with van der Waals surface area (Å²) in [6.45, 7) is 3.20. The van der Waals surface area contributed by atoms with Gasteiger partial charge >= 0.3 is 0 Å². The van der Waals surface area contributed by atoms with Crippen molar-refractivity contribution in [2.45, 2.75) is 5.16 Å². The fourth-order valence-electron chi connectivity index (χ4n) is 3.00. The first kappa shape index (κ1) is 16.0. The summed E-state index contributed by atoms with van der Waals surface area (Å²) in [6, 6.07) is 14.0. The van der Waals surface area contributed by atoms with Gasteiger partial charge in [0.2, 0.25) is 5.91 Å². The number of nitrogens with zero attached hydrogens (tertiary/aromatic N) is 3. The summed E-state index contributed by atoms with van der Waals surface area (Å²) >= 11 is 1.47. The van der Waals surface area contributed by atoms with Crippen molar-refractivity contribution >= 4 is 34.5 Å². The second kappa shape index (κ2) is 7.14. The van der Waals surface area contributed by atoms with Gasteiger partial charge in [-0.1, -0.05) is 30.0 Å². The largest absolute Gasteiger partial charge is 0.334 e. The van der Waals surface area contributed by atoms with Gasteiger partial charge in [0.25, 0.3) is 5.82 Å². The fraction of sp³-hybridized carbons (Fsp3) is 0.278. The number of fused-ring (bicyclic) bond motifs is 1. The van der Waals surface area contributed by atoms with Crippen LogP contribution < -0.4 is 9.88 Å². The lowest BCUT2D eigenvalue weighted by atomic mass is 10.3. The Bertz CT molecular complexity index is 825. The van der Waals surface area contributed by atoms with Gasteiger partial charge < -0.3 is 9.88 Å². The Kier molecular flexibility index (Phi) is 4.56. The zero-order chi connectivity index (χ0) is 17.1.